The van der Waals surface area contributed by atoms with E-state index >= 15 is 0 Å². The van der Waals surface area contributed by atoms with Gasteiger partial charge in [-0.25, -0.2) is 14.4 Å². The summed E-state index contributed by atoms with van der Waals surface area (Å²) in [6, 6.07) is 4.47. The van der Waals surface area contributed by atoms with Crippen LogP contribution in [0.25, 0.3) is 0 Å². The molecule has 1 unspecified atom stereocenters. The average molecular weight is 261 g/mol. The molecule has 19 heavy (non-hydrogen) atoms. The first kappa shape index (κ1) is 13.4. The summed E-state index contributed by atoms with van der Waals surface area (Å²) in [4.78, 5) is 7.89. The van der Waals surface area contributed by atoms with Crippen LogP contribution < -0.4 is 10.1 Å². The zero-order valence-corrected chi connectivity index (χ0v) is 10.9. The van der Waals surface area contributed by atoms with Crippen molar-refractivity contribution in [1.82, 2.24) is 15.3 Å². The summed E-state index contributed by atoms with van der Waals surface area (Å²) in [5, 5.41) is 3.29. The molecule has 0 amide bonds. The molecule has 0 aliphatic carbocycles. The minimum absolute atomic E-state index is 0.0362. The van der Waals surface area contributed by atoms with Gasteiger partial charge in [0.25, 0.3) is 0 Å². The second kappa shape index (κ2) is 6.24. The van der Waals surface area contributed by atoms with Crippen molar-refractivity contribution in [1.29, 1.82) is 0 Å². The van der Waals surface area contributed by atoms with Gasteiger partial charge in [-0.15, -0.1) is 0 Å². The maximum Gasteiger partial charge on any atom is 0.123 e. The molecule has 0 fully saturated rings. The van der Waals surface area contributed by atoms with Crippen LogP contribution in [0.2, 0.25) is 0 Å². The van der Waals surface area contributed by atoms with E-state index in [1.54, 1.807) is 25.6 Å². The smallest absolute Gasteiger partial charge is 0.123 e. The third kappa shape index (κ3) is 3.48. The van der Waals surface area contributed by atoms with E-state index in [0.717, 1.165) is 11.1 Å². The first-order valence-electron chi connectivity index (χ1n) is 6.01. The second-order valence-electron chi connectivity index (χ2n) is 4.24. The Morgan fingerprint density at radius 2 is 2.05 bits per heavy atom. The standard InChI is InChI=1S/C14H16FN3O/c1-10(18-8-11-6-16-9-17-7-11)13-5-12(15)3-4-14(13)19-2/h3-7,9-10,18H,8H2,1-2H3. The van der Waals surface area contributed by atoms with E-state index in [-0.39, 0.29) is 11.9 Å². The number of ether oxygens (including phenoxy) is 1. The highest BCUT2D eigenvalue weighted by atomic mass is 19.1. The highest BCUT2D eigenvalue weighted by Crippen LogP contribution is 2.25. The van der Waals surface area contributed by atoms with Crippen LogP contribution in [-0.2, 0) is 6.54 Å². The van der Waals surface area contributed by atoms with Gasteiger partial charge in [0.05, 0.1) is 7.11 Å². The van der Waals surface area contributed by atoms with Crippen molar-refractivity contribution in [2.75, 3.05) is 7.11 Å². The van der Waals surface area contributed by atoms with Crippen LogP contribution in [-0.4, -0.2) is 17.1 Å². The lowest BCUT2D eigenvalue weighted by Crippen LogP contribution is -2.19. The first-order chi connectivity index (χ1) is 9.20. The molecule has 1 N–H and O–H groups in total. The molecule has 0 saturated carbocycles. The monoisotopic (exact) mass is 261 g/mol. The van der Waals surface area contributed by atoms with Gasteiger partial charge in [0.2, 0.25) is 0 Å². The number of nitrogens with one attached hydrogen (secondary N) is 1. The van der Waals surface area contributed by atoms with Gasteiger partial charge in [0, 0.05) is 36.1 Å². The summed E-state index contributed by atoms with van der Waals surface area (Å²) in [7, 11) is 1.58. The summed E-state index contributed by atoms with van der Waals surface area (Å²) < 4.78 is 18.5. The molecule has 5 heteroatoms. The van der Waals surface area contributed by atoms with E-state index in [4.69, 9.17) is 4.74 Å². The molecule has 1 atom stereocenters. The number of rotatable bonds is 5. The third-order valence-electron chi connectivity index (χ3n) is 2.88. The molecule has 0 aliphatic rings. The summed E-state index contributed by atoms with van der Waals surface area (Å²) in [6.45, 7) is 2.57. The van der Waals surface area contributed by atoms with E-state index in [0.29, 0.717) is 12.3 Å². The summed E-state index contributed by atoms with van der Waals surface area (Å²) >= 11 is 0. The van der Waals surface area contributed by atoms with E-state index in [2.05, 4.69) is 15.3 Å². The Kier molecular flexibility index (Phi) is 4.41. The van der Waals surface area contributed by atoms with Gasteiger partial charge >= 0.3 is 0 Å². The Labute approximate surface area is 111 Å². The van der Waals surface area contributed by atoms with Crippen LogP contribution in [0.5, 0.6) is 5.75 Å². The lowest BCUT2D eigenvalue weighted by Gasteiger charge is -2.17. The molecule has 100 valence electrons. The van der Waals surface area contributed by atoms with Gasteiger partial charge in [-0.2, -0.15) is 0 Å². The third-order valence-corrected chi connectivity index (χ3v) is 2.88. The first-order valence-corrected chi connectivity index (χ1v) is 6.01. The number of nitrogens with zero attached hydrogens (tertiary/aromatic N) is 2. The molecule has 0 saturated heterocycles. The minimum Gasteiger partial charge on any atom is -0.496 e. The molecule has 0 spiro atoms. The molecular weight excluding hydrogens is 245 g/mol. The highest BCUT2D eigenvalue weighted by Gasteiger charge is 2.12. The van der Waals surface area contributed by atoms with Gasteiger partial charge in [0.1, 0.15) is 17.9 Å². The maximum atomic E-state index is 13.3. The SMILES string of the molecule is COc1ccc(F)cc1C(C)NCc1cncnc1. The fourth-order valence-corrected chi connectivity index (χ4v) is 1.85. The van der Waals surface area contributed by atoms with Crippen LogP contribution in [0, 0.1) is 5.82 Å². The van der Waals surface area contributed by atoms with Crippen molar-refractivity contribution in [2.24, 2.45) is 0 Å². The normalized spacial score (nSPS) is 12.2. The van der Waals surface area contributed by atoms with Crippen LogP contribution in [0.3, 0.4) is 0 Å². The number of methoxy groups -OCH3 is 1. The molecule has 2 aromatic rings. The van der Waals surface area contributed by atoms with E-state index in [1.807, 2.05) is 6.92 Å². The van der Waals surface area contributed by atoms with Crippen LogP contribution in [0.15, 0.2) is 36.9 Å². The Morgan fingerprint density at radius 1 is 1.32 bits per heavy atom. The summed E-state index contributed by atoms with van der Waals surface area (Å²) in [6.07, 6.45) is 4.98. The predicted octanol–water partition coefficient (Wildman–Crippen LogP) is 2.48. The van der Waals surface area contributed by atoms with E-state index in [1.165, 1.54) is 18.5 Å². The number of halogens is 1. The van der Waals surface area contributed by atoms with Gasteiger partial charge in [0.15, 0.2) is 0 Å². The minimum atomic E-state index is -0.271. The van der Waals surface area contributed by atoms with Crippen molar-refractivity contribution in [3.63, 3.8) is 0 Å². The maximum absolute atomic E-state index is 13.3. The Morgan fingerprint density at radius 3 is 2.74 bits per heavy atom. The fourth-order valence-electron chi connectivity index (χ4n) is 1.85. The molecule has 0 bridgehead atoms. The number of hydrogen-bond donors (Lipinski definition) is 1. The van der Waals surface area contributed by atoms with Crippen LogP contribution >= 0.6 is 0 Å². The zero-order valence-electron chi connectivity index (χ0n) is 10.9. The van der Waals surface area contributed by atoms with Gasteiger partial charge < -0.3 is 10.1 Å². The molecule has 1 heterocycles. The van der Waals surface area contributed by atoms with E-state index in [9.17, 15) is 4.39 Å². The number of benzene rings is 1. The van der Waals surface area contributed by atoms with Crippen molar-refractivity contribution in [3.05, 3.63) is 53.9 Å². The van der Waals surface area contributed by atoms with Gasteiger partial charge in [-0.05, 0) is 25.1 Å². The molecule has 1 aromatic carbocycles. The van der Waals surface area contributed by atoms with Crippen LogP contribution in [0.1, 0.15) is 24.1 Å². The van der Waals surface area contributed by atoms with Crippen molar-refractivity contribution >= 4 is 0 Å². The Hall–Kier alpha value is -2.01. The van der Waals surface area contributed by atoms with E-state index < -0.39 is 0 Å². The highest BCUT2D eigenvalue weighted by molar-refractivity contribution is 5.36. The molecule has 0 radical (unpaired) electrons. The quantitative estimate of drug-likeness (QED) is 0.898. The van der Waals surface area contributed by atoms with Crippen LogP contribution in [0.4, 0.5) is 4.39 Å². The lowest BCUT2D eigenvalue weighted by molar-refractivity contribution is 0.399. The zero-order chi connectivity index (χ0) is 13.7. The summed E-state index contributed by atoms with van der Waals surface area (Å²) in [5.74, 6) is 0.401. The van der Waals surface area contributed by atoms with Crippen molar-refractivity contribution in [2.45, 2.75) is 19.5 Å². The van der Waals surface area contributed by atoms with Gasteiger partial charge in [-0.1, -0.05) is 0 Å². The van der Waals surface area contributed by atoms with Crippen molar-refractivity contribution in [3.8, 4) is 5.75 Å². The molecular formula is C14H16FN3O. The Balaban J connectivity index is 2.07. The molecule has 4 nitrogen and oxygen atoms in total. The lowest BCUT2D eigenvalue weighted by atomic mass is 10.1. The van der Waals surface area contributed by atoms with Crippen molar-refractivity contribution < 1.29 is 9.13 Å². The number of aromatic nitrogens is 2. The molecule has 0 aliphatic heterocycles. The molecule has 1 aromatic heterocycles. The largest absolute Gasteiger partial charge is 0.496 e. The second-order valence-corrected chi connectivity index (χ2v) is 4.24. The molecule has 2 rings (SSSR count). The van der Waals surface area contributed by atoms with Gasteiger partial charge in [-0.3, -0.25) is 0 Å². The summed E-state index contributed by atoms with van der Waals surface area (Å²) in [5.41, 5.74) is 1.77. The Bertz CT molecular complexity index is 533. The predicted molar refractivity (Wildman–Crippen MR) is 70.2 cm³/mol. The fraction of sp³-hybridized carbons (Fsp3) is 0.286. The topological polar surface area (TPSA) is 47.0 Å². The number of hydrogen-bond acceptors (Lipinski definition) is 4. The average Bonchev–Trinajstić information content (AvgIpc) is 2.46.